The molecular formula is C17H23N3O. The SMILES string of the molecule is CN(CC1CC1)C[C@H]1CN(c2ccc(C#N)cc2)CCO1. The predicted molar refractivity (Wildman–Crippen MR) is 83.3 cm³/mol. The maximum absolute atomic E-state index is 8.87. The zero-order chi connectivity index (χ0) is 14.7. The number of nitriles is 1. The van der Waals surface area contributed by atoms with Crippen molar-refractivity contribution in [1.82, 2.24) is 4.90 Å². The number of hydrogen-bond donors (Lipinski definition) is 0. The van der Waals surface area contributed by atoms with Crippen LogP contribution in [0.2, 0.25) is 0 Å². The molecule has 0 spiro atoms. The molecule has 1 aromatic rings. The van der Waals surface area contributed by atoms with E-state index in [4.69, 9.17) is 10.00 Å². The van der Waals surface area contributed by atoms with Crippen molar-refractivity contribution in [3.05, 3.63) is 29.8 Å². The monoisotopic (exact) mass is 285 g/mol. The lowest BCUT2D eigenvalue weighted by atomic mass is 10.2. The van der Waals surface area contributed by atoms with Crippen LogP contribution in [0.25, 0.3) is 0 Å². The average molecular weight is 285 g/mol. The molecule has 1 atom stereocenters. The molecule has 1 aliphatic carbocycles. The first-order chi connectivity index (χ1) is 10.2. The summed E-state index contributed by atoms with van der Waals surface area (Å²) in [6.07, 6.45) is 3.07. The van der Waals surface area contributed by atoms with Crippen LogP contribution in [0.3, 0.4) is 0 Å². The number of benzene rings is 1. The average Bonchev–Trinajstić information content (AvgIpc) is 3.31. The van der Waals surface area contributed by atoms with E-state index in [9.17, 15) is 0 Å². The van der Waals surface area contributed by atoms with E-state index in [1.54, 1.807) is 0 Å². The first-order valence-corrected chi connectivity index (χ1v) is 7.80. The molecular weight excluding hydrogens is 262 g/mol. The summed E-state index contributed by atoms with van der Waals surface area (Å²) in [5, 5.41) is 8.87. The van der Waals surface area contributed by atoms with E-state index in [-0.39, 0.29) is 6.10 Å². The van der Waals surface area contributed by atoms with E-state index < -0.39 is 0 Å². The lowest BCUT2D eigenvalue weighted by Crippen LogP contribution is -2.47. The fourth-order valence-electron chi connectivity index (χ4n) is 2.97. The molecule has 0 bridgehead atoms. The molecule has 4 nitrogen and oxygen atoms in total. The molecule has 4 heteroatoms. The normalized spacial score (nSPS) is 22.3. The minimum atomic E-state index is 0.276. The second-order valence-corrected chi connectivity index (χ2v) is 6.26. The summed E-state index contributed by atoms with van der Waals surface area (Å²) in [6.45, 7) is 4.84. The molecule has 1 saturated heterocycles. The smallest absolute Gasteiger partial charge is 0.0991 e. The minimum Gasteiger partial charge on any atom is -0.373 e. The summed E-state index contributed by atoms with van der Waals surface area (Å²) < 4.78 is 5.91. The Bertz CT molecular complexity index is 504. The molecule has 2 aliphatic rings. The first-order valence-electron chi connectivity index (χ1n) is 7.80. The van der Waals surface area contributed by atoms with Crippen LogP contribution in [0, 0.1) is 17.2 Å². The highest BCUT2D eigenvalue weighted by atomic mass is 16.5. The van der Waals surface area contributed by atoms with E-state index in [1.165, 1.54) is 25.1 Å². The third kappa shape index (κ3) is 3.96. The highest BCUT2D eigenvalue weighted by Crippen LogP contribution is 2.29. The van der Waals surface area contributed by atoms with Crippen molar-refractivity contribution < 1.29 is 4.74 Å². The van der Waals surface area contributed by atoms with E-state index in [0.717, 1.165) is 32.2 Å². The van der Waals surface area contributed by atoms with Crippen LogP contribution in [0.15, 0.2) is 24.3 Å². The Hall–Kier alpha value is -1.57. The van der Waals surface area contributed by atoms with Gasteiger partial charge in [-0.25, -0.2) is 0 Å². The highest BCUT2D eigenvalue weighted by Gasteiger charge is 2.26. The summed E-state index contributed by atoms with van der Waals surface area (Å²) in [5.41, 5.74) is 1.90. The standard InChI is InChI=1S/C17H23N3O/c1-19(11-15-2-3-15)12-17-13-20(8-9-21-17)16-6-4-14(10-18)5-7-16/h4-7,15,17H,2-3,8-9,11-13H2,1H3/t17-/m0/s1. The Kier molecular flexibility index (Phi) is 4.42. The zero-order valence-corrected chi connectivity index (χ0v) is 12.7. The molecule has 21 heavy (non-hydrogen) atoms. The topological polar surface area (TPSA) is 39.5 Å². The summed E-state index contributed by atoms with van der Waals surface area (Å²) in [5.74, 6) is 0.924. The van der Waals surface area contributed by atoms with Crippen LogP contribution < -0.4 is 4.90 Å². The van der Waals surface area contributed by atoms with Crippen LogP contribution in [-0.4, -0.2) is 50.8 Å². The van der Waals surface area contributed by atoms with E-state index >= 15 is 0 Å². The summed E-state index contributed by atoms with van der Waals surface area (Å²) in [6, 6.07) is 10.0. The summed E-state index contributed by atoms with van der Waals surface area (Å²) in [4.78, 5) is 4.77. The van der Waals surface area contributed by atoms with Gasteiger partial charge in [-0.3, -0.25) is 0 Å². The summed E-state index contributed by atoms with van der Waals surface area (Å²) >= 11 is 0. The third-order valence-corrected chi connectivity index (χ3v) is 4.28. The molecule has 1 heterocycles. The lowest BCUT2D eigenvalue weighted by Gasteiger charge is -2.36. The van der Waals surface area contributed by atoms with Gasteiger partial charge in [-0.1, -0.05) is 0 Å². The Labute approximate surface area is 126 Å². The molecule has 0 radical (unpaired) electrons. The molecule has 1 saturated carbocycles. The van der Waals surface area contributed by atoms with Crippen molar-refractivity contribution in [3.63, 3.8) is 0 Å². The molecule has 0 aromatic heterocycles. The molecule has 1 aromatic carbocycles. The molecule has 3 rings (SSSR count). The van der Waals surface area contributed by atoms with Crippen LogP contribution in [0.4, 0.5) is 5.69 Å². The Morgan fingerprint density at radius 2 is 2.05 bits per heavy atom. The Balaban J connectivity index is 1.55. The van der Waals surface area contributed by atoms with Gasteiger partial charge in [0.05, 0.1) is 24.3 Å². The molecule has 1 aliphatic heterocycles. The van der Waals surface area contributed by atoms with Crippen LogP contribution in [0.1, 0.15) is 18.4 Å². The second kappa shape index (κ2) is 6.46. The number of ether oxygens (including phenoxy) is 1. The van der Waals surface area contributed by atoms with Crippen molar-refractivity contribution >= 4 is 5.69 Å². The van der Waals surface area contributed by atoms with Crippen molar-refractivity contribution in [2.75, 3.05) is 44.7 Å². The minimum absolute atomic E-state index is 0.276. The van der Waals surface area contributed by atoms with Gasteiger partial charge < -0.3 is 14.5 Å². The van der Waals surface area contributed by atoms with Gasteiger partial charge in [0.2, 0.25) is 0 Å². The zero-order valence-electron chi connectivity index (χ0n) is 12.7. The molecule has 0 amide bonds. The molecule has 0 N–H and O–H groups in total. The predicted octanol–water partition coefficient (Wildman–Crippen LogP) is 2.11. The number of anilines is 1. The van der Waals surface area contributed by atoms with Gasteiger partial charge in [-0.15, -0.1) is 0 Å². The van der Waals surface area contributed by atoms with E-state index in [1.807, 2.05) is 24.3 Å². The van der Waals surface area contributed by atoms with Crippen molar-refractivity contribution in [2.24, 2.45) is 5.92 Å². The van der Waals surface area contributed by atoms with Crippen molar-refractivity contribution in [3.8, 4) is 6.07 Å². The maximum Gasteiger partial charge on any atom is 0.0991 e. The van der Waals surface area contributed by atoms with Gasteiger partial charge >= 0.3 is 0 Å². The quantitative estimate of drug-likeness (QED) is 0.830. The highest BCUT2D eigenvalue weighted by molar-refractivity contribution is 5.50. The third-order valence-electron chi connectivity index (χ3n) is 4.28. The molecule has 112 valence electrons. The first kappa shape index (κ1) is 14.4. The largest absolute Gasteiger partial charge is 0.373 e. The van der Waals surface area contributed by atoms with Gasteiger partial charge in [0.15, 0.2) is 0 Å². The Morgan fingerprint density at radius 3 is 2.71 bits per heavy atom. The number of likely N-dealkylation sites (N-methyl/N-ethyl adjacent to an activating group) is 1. The Morgan fingerprint density at radius 1 is 1.29 bits per heavy atom. The van der Waals surface area contributed by atoms with Crippen LogP contribution in [-0.2, 0) is 4.74 Å². The van der Waals surface area contributed by atoms with Gasteiger partial charge in [-0.05, 0) is 50.1 Å². The van der Waals surface area contributed by atoms with E-state index in [2.05, 4.69) is 22.9 Å². The number of rotatable bonds is 5. The van der Waals surface area contributed by atoms with Gasteiger partial charge in [0.25, 0.3) is 0 Å². The van der Waals surface area contributed by atoms with E-state index in [0.29, 0.717) is 5.56 Å². The maximum atomic E-state index is 8.87. The fourth-order valence-corrected chi connectivity index (χ4v) is 2.97. The molecule has 0 unspecified atom stereocenters. The van der Waals surface area contributed by atoms with Crippen molar-refractivity contribution in [2.45, 2.75) is 18.9 Å². The lowest BCUT2D eigenvalue weighted by molar-refractivity contribution is 0.0199. The fraction of sp³-hybridized carbons (Fsp3) is 0.588. The molecule has 2 fully saturated rings. The van der Waals surface area contributed by atoms with Crippen molar-refractivity contribution in [1.29, 1.82) is 5.26 Å². The second-order valence-electron chi connectivity index (χ2n) is 6.26. The number of nitrogens with zero attached hydrogens (tertiary/aromatic N) is 3. The van der Waals surface area contributed by atoms with Gasteiger partial charge in [0.1, 0.15) is 0 Å². The van der Waals surface area contributed by atoms with Crippen LogP contribution in [0.5, 0.6) is 0 Å². The number of hydrogen-bond acceptors (Lipinski definition) is 4. The van der Waals surface area contributed by atoms with Gasteiger partial charge in [0, 0.05) is 31.9 Å². The number of morpholine rings is 1. The van der Waals surface area contributed by atoms with Gasteiger partial charge in [-0.2, -0.15) is 5.26 Å². The van der Waals surface area contributed by atoms with Crippen LogP contribution >= 0.6 is 0 Å². The summed E-state index contributed by atoms with van der Waals surface area (Å²) in [7, 11) is 2.20.